The molecule has 2 unspecified atom stereocenters. The van der Waals surface area contributed by atoms with Crippen molar-refractivity contribution in [3.63, 3.8) is 0 Å². The van der Waals surface area contributed by atoms with Gasteiger partial charge in [-0.25, -0.2) is 4.48 Å². The van der Waals surface area contributed by atoms with Gasteiger partial charge in [0.2, 0.25) is 0 Å². The van der Waals surface area contributed by atoms with E-state index in [1.54, 1.807) is 0 Å². The molecule has 60 heavy (non-hydrogen) atoms. The molecule has 1 saturated heterocycles. The van der Waals surface area contributed by atoms with Crippen LogP contribution in [-0.2, 0) is 60.2 Å². The van der Waals surface area contributed by atoms with Crippen molar-refractivity contribution >= 4 is 84.6 Å². The van der Waals surface area contributed by atoms with Gasteiger partial charge in [-0.3, -0.25) is 65.5 Å². The molecular formula is C16H41N4O32P8+. The van der Waals surface area contributed by atoms with Crippen LogP contribution >= 0.6 is 60.8 Å². The summed E-state index contributed by atoms with van der Waals surface area (Å²) in [7, 11) is -58.9. The first-order valence-electron chi connectivity index (χ1n) is 14.3. The molecule has 44 heteroatoms. The average molecular weight is 1050 g/mol. The van der Waals surface area contributed by atoms with E-state index in [0.717, 1.165) is 9.80 Å². The number of nitrogens with zero attached hydrogens (tertiary/aromatic N) is 3. The summed E-state index contributed by atoms with van der Waals surface area (Å²) in [5.41, 5.74) is -15.3. The van der Waals surface area contributed by atoms with Crippen LogP contribution in [0.15, 0.2) is 0 Å². The first-order valence-corrected chi connectivity index (χ1v) is 27.6. The van der Waals surface area contributed by atoms with Gasteiger partial charge in [0.25, 0.3) is 16.6 Å². The highest BCUT2D eigenvalue weighted by molar-refractivity contribution is 7.75. The number of quaternary nitrogens is 1. The maximum Gasteiger partial charge on any atom is 0.401 e. The Bertz CT molecular complexity index is 1740. The molecule has 1 fully saturated rings. The van der Waals surface area contributed by atoms with E-state index < -0.39 is 150 Å². The number of carboxylic acids is 4. The van der Waals surface area contributed by atoms with Crippen LogP contribution in [0, 0.1) is 0 Å². The number of carboxylic acid groups (broad SMARTS) is 4. The number of aliphatic carboxylic acids is 4. The fourth-order valence-corrected chi connectivity index (χ4v) is 23.2. The zero-order valence-corrected chi connectivity index (χ0v) is 36.5. The van der Waals surface area contributed by atoms with Crippen molar-refractivity contribution in [2.45, 2.75) is 28.0 Å². The summed E-state index contributed by atoms with van der Waals surface area (Å²) >= 11 is 0. The molecule has 0 spiro atoms. The molecule has 0 aromatic rings. The summed E-state index contributed by atoms with van der Waals surface area (Å²) in [5.74, 6) is -4.91. The third-order valence-electron chi connectivity index (χ3n) is 7.36. The molecule has 356 valence electrons. The second-order valence-electron chi connectivity index (χ2n) is 11.8. The molecule has 36 nitrogen and oxygen atoms in total. The molecular weight excluding hydrogens is 1010 g/mol. The zero-order valence-electron chi connectivity index (χ0n) is 29.3. The van der Waals surface area contributed by atoms with Crippen LogP contribution in [0.3, 0.4) is 0 Å². The van der Waals surface area contributed by atoms with Crippen LogP contribution in [0.1, 0.15) is 6.42 Å². The molecule has 0 aromatic heterocycles. The first-order chi connectivity index (χ1) is 25.8. The van der Waals surface area contributed by atoms with Crippen molar-refractivity contribution in [2.24, 2.45) is 0 Å². The maximum absolute atomic E-state index is 13.1. The van der Waals surface area contributed by atoms with Gasteiger partial charge < -0.3 is 105 Å². The van der Waals surface area contributed by atoms with Crippen molar-refractivity contribution in [2.75, 3.05) is 45.9 Å². The van der Waals surface area contributed by atoms with Crippen molar-refractivity contribution in [1.82, 2.24) is 16.0 Å². The van der Waals surface area contributed by atoms with Gasteiger partial charge >= 0.3 is 89.7 Å². The molecule has 0 saturated carbocycles. The number of rotatable bonds is 22. The second-order valence-corrected chi connectivity index (χ2v) is 27.3. The van der Waals surface area contributed by atoms with Crippen molar-refractivity contribution in [3.8, 4) is 0 Å². The minimum absolute atomic E-state index is 0. The lowest BCUT2D eigenvalue weighted by molar-refractivity contribution is -0.953. The van der Waals surface area contributed by atoms with E-state index in [2.05, 4.69) is 4.52 Å². The van der Waals surface area contributed by atoms with Crippen molar-refractivity contribution in [3.05, 3.63) is 0 Å². The van der Waals surface area contributed by atoms with Gasteiger partial charge in [-0.15, -0.1) is 0 Å². The highest BCUT2D eigenvalue weighted by Gasteiger charge is 2.92. The largest absolute Gasteiger partial charge is 0.480 e. The van der Waals surface area contributed by atoms with Crippen LogP contribution in [0.2, 0.25) is 0 Å². The lowest BCUT2D eigenvalue weighted by Crippen LogP contribution is -2.74. The topological polar surface area (TPSA) is 640 Å². The van der Waals surface area contributed by atoms with Crippen LogP contribution in [0.25, 0.3) is 0 Å². The smallest absolute Gasteiger partial charge is 0.401 e. The lowest BCUT2D eigenvalue weighted by Gasteiger charge is -2.58. The average Bonchev–Trinajstić information content (AvgIpc) is 3.21. The third kappa shape index (κ3) is 15.0. The minimum atomic E-state index is -7.42. The van der Waals surface area contributed by atoms with Crippen molar-refractivity contribution in [1.29, 1.82) is 0 Å². The van der Waals surface area contributed by atoms with E-state index in [4.69, 9.17) is 20.4 Å². The summed E-state index contributed by atoms with van der Waals surface area (Å²) < 4.78 is 100. The predicted molar refractivity (Wildman–Crippen MR) is 188 cm³/mol. The molecule has 1 aliphatic heterocycles. The normalized spacial score (nSPS) is 19.9. The van der Waals surface area contributed by atoms with Crippen LogP contribution in [0.4, 0.5) is 0 Å². The highest BCUT2D eigenvalue weighted by Crippen LogP contribution is 2.90. The van der Waals surface area contributed by atoms with E-state index >= 15 is 0 Å². The predicted octanol–water partition coefficient (Wildman–Crippen LogP) is -4.75. The van der Waals surface area contributed by atoms with Gasteiger partial charge in [-0.05, 0) is 0 Å². The number of hydrogen-bond donors (Lipinski definition) is 20. The molecule has 0 aliphatic carbocycles. The van der Waals surface area contributed by atoms with Crippen LogP contribution < -0.4 is 6.15 Å². The molecule has 0 radical (unpaired) electrons. The highest BCUT2D eigenvalue weighted by atomic mass is 31.3. The van der Waals surface area contributed by atoms with E-state index in [0.29, 0.717) is 0 Å². The van der Waals surface area contributed by atoms with Crippen LogP contribution in [0.5, 0.6) is 0 Å². The summed E-state index contributed by atoms with van der Waals surface area (Å²) in [4.78, 5) is 193. The number of carbonyl (C=O) groups is 4. The molecule has 0 aromatic carbocycles. The number of hydrogen-bond acceptors (Lipinski definition) is 16. The molecule has 0 amide bonds. The SMILES string of the molecule is N.O=C(O)CN(CCN(CC(=O)O)CC(=O)O)CC(=O)O.O=P(O)(O)C([N+](C(P(=O)(O)O)P(=O)(O)O)(C(P(=O)(O)O)P(=O)(O)O)C1(P(=O)(O)O)CCOP1(=O)O)P(=O)(O)O. The minimum Gasteiger partial charge on any atom is -0.480 e. The Morgan fingerprint density at radius 1 is 0.533 bits per heavy atom. The fourth-order valence-electron chi connectivity index (χ4n) is 5.97. The Morgan fingerprint density at radius 2 is 0.750 bits per heavy atom. The molecule has 1 heterocycles. The summed E-state index contributed by atoms with van der Waals surface area (Å²) in [6.45, 7) is -3.95. The molecule has 22 N–H and O–H groups in total. The fraction of sp³-hybridized carbons (Fsp3) is 0.750. The molecule has 1 rings (SSSR count). The van der Waals surface area contributed by atoms with Gasteiger partial charge in [0, 0.05) is 13.1 Å². The zero-order chi connectivity index (χ0) is 47.6. The van der Waals surface area contributed by atoms with Gasteiger partial charge in [-0.1, -0.05) is 0 Å². The Labute approximate surface area is 332 Å². The molecule has 2 atom stereocenters. The summed E-state index contributed by atoms with van der Waals surface area (Å²) in [6, 6.07) is 0. The third-order valence-corrected chi connectivity index (χ3v) is 23.7. The Hall–Kier alpha value is -1.08. The Balaban J connectivity index is 0. The lowest BCUT2D eigenvalue weighted by atomic mass is 10.3. The van der Waals surface area contributed by atoms with E-state index in [1.165, 1.54) is 0 Å². The van der Waals surface area contributed by atoms with Gasteiger partial charge in [0.05, 0.1) is 39.2 Å². The monoisotopic (exact) mass is 1050 g/mol. The Morgan fingerprint density at radius 3 is 0.883 bits per heavy atom. The summed E-state index contributed by atoms with van der Waals surface area (Å²) in [5, 5.41) is 29.2. The van der Waals surface area contributed by atoms with Crippen LogP contribution in [-0.4, -0.2) is 199 Å². The second kappa shape index (κ2) is 20.8. The van der Waals surface area contributed by atoms with Gasteiger partial charge in [-0.2, -0.15) is 0 Å². The quantitative estimate of drug-likeness (QED) is 0.0358. The van der Waals surface area contributed by atoms with E-state index in [9.17, 15) is 129 Å². The Kier molecular flexibility index (Phi) is 21.2. The maximum atomic E-state index is 13.1. The molecule has 0 bridgehead atoms. The van der Waals surface area contributed by atoms with Crippen molar-refractivity contribution < 1.29 is 159 Å². The van der Waals surface area contributed by atoms with Gasteiger partial charge in [0.1, 0.15) is 0 Å². The van der Waals surface area contributed by atoms with E-state index in [1.807, 2.05) is 0 Å². The first kappa shape index (κ1) is 61.0. The summed E-state index contributed by atoms with van der Waals surface area (Å²) in [6.07, 6.45) is -2.26. The molecule has 1 aliphatic rings. The standard InChI is InChI=1S/C10H16N2O8.C6H21NO24P8.H3N/c13-7(14)3-11(4-8(15)16)1-2-12(5-9(17)18)6-10(19)20;8-32(9,10)3(33(11,12)13)7(4(34(14,15)16)35(17,18)19,5(36(20,21)22)37(23,24)25)6(38(26,27)28)1-2-31-39(6,29)30;/h1-6H2,(H,13,14)(H,15,16)(H,17,18)(H,19,20);3-5H,1-2H2,(H14-,8,9,10,11,12,13,14,15,16,17,18,19,20,21,22,23,24,25,26,27,28,29,30);1H3/p+1. The van der Waals surface area contributed by atoms with E-state index in [-0.39, 0.29) is 19.2 Å². The van der Waals surface area contributed by atoms with Gasteiger partial charge in [0.15, 0.2) is 0 Å².